The number of aromatic amines is 1. The van der Waals surface area contributed by atoms with E-state index in [2.05, 4.69) is 39.4 Å². The van der Waals surface area contributed by atoms with Crippen molar-refractivity contribution in [1.29, 1.82) is 0 Å². The van der Waals surface area contributed by atoms with Gasteiger partial charge in [0.15, 0.2) is 5.65 Å². The molecule has 0 spiro atoms. The van der Waals surface area contributed by atoms with E-state index in [1.54, 1.807) is 19.2 Å². The van der Waals surface area contributed by atoms with E-state index in [0.29, 0.717) is 23.3 Å². The highest BCUT2D eigenvalue weighted by Gasteiger charge is 2.08. The third-order valence-corrected chi connectivity index (χ3v) is 2.97. The normalized spacial score (nSPS) is 11.4. The van der Waals surface area contributed by atoms with Gasteiger partial charge in [0.2, 0.25) is 0 Å². The second-order valence-electron chi connectivity index (χ2n) is 4.84. The Morgan fingerprint density at radius 2 is 2.20 bits per heavy atom. The van der Waals surface area contributed by atoms with Crippen LogP contribution in [0.15, 0.2) is 23.3 Å². The molecular weight excluding hydrogens is 258 g/mol. The maximum Gasteiger partial charge on any atom is 0.349 e. The van der Waals surface area contributed by atoms with Crippen LogP contribution in [0.5, 0.6) is 0 Å². The Hall–Kier alpha value is -2.64. The molecule has 20 heavy (non-hydrogen) atoms. The molecule has 0 radical (unpaired) electrons. The lowest BCUT2D eigenvalue weighted by Gasteiger charge is -2.05. The molecule has 104 valence electrons. The number of nitrogens with zero attached hydrogens (tertiary/aromatic N) is 5. The lowest BCUT2D eigenvalue weighted by Crippen LogP contribution is -2.13. The predicted molar refractivity (Wildman–Crippen MR) is 74.2 cm³/mol. The van der Waals surface area contributed by atoms with Crippen molar-refractivity contribution in [1.82, 2.24) is 29.4 Å². The molecule has 0 saturated heterocycles. The number of H-pyrrole nitrogens is 1. The highest BCUT2D eigenvalue weighted by atomic mass is 16.1. The van der Waals surface area contributed by atoms with Crippen LogP contribution in [0.3, 0.4) is 0 Å². The first-order valence-corrected chi connectivity index (χ1v) is 6.30. The Bertz CT molecular complexity index is 811. The summed E-state index contributed by atoms with van der Waals surface area (Å²) in [5.41, 5.74) is 1.08. The Labute approximate surface area is 114 Å². The van der Waals surface area contributed by atoms with Gasteiger partial charge in [-0.05, 0) is 20.8 Å². The van der Waals surface area contributed by atoms with Gasteiger partial charge in [0.1, 0.15) is 11.6 Å². The minimum atomic E-state index is -0.288. The fourth-order valence-electron chi connectivity index (χ4n) is 1.99. The number of hydrogen-bond acceptors (Lipinski definition) is 5. The smallest absolute Gasteiger partial charge is 0.337 e. The van der Waals surface area contributed by atoms with Crippen LogP contribution in [0.4, 0.5) is 11.5 Å². The lowest BCUT2D eigenvalue weighted by molar-refractivity contribution is 0.532. The van der Waals surface area contributed by atoms with Crippen LogP contribution in [0, 0.1) is 6.92 Å². The first-order valence-electron chi connectivity index (χ1n) is 6.30. The topological polar surface area (TPSA) is 92.9 Å². The summed E-state index contributed by atoms with van der Waals surface area (Å²) in [6.07, 6.45) is 3.64. The molecule has 3 aromatic heterocycles. The summed E-state index contributed by atoms with van der Waals surface area (Å²) in [5, 5.41) is 13.7. The van der Waals surface area contributed by atoms with Crippen molar-refractivity contribution in [3.8, 4) is 0 Å². The molecule has 0 aliphatic carbocycles. The summed E-state index contributed by atoms with van der Waals surface area (Å²) in [6, 6.07) is 2.00. The van der Waals surface area contributed by atoms with Gasteiger partial charge in [-0.25, -0.2) is 19.3 Å². The average molecular weight is 273 g/mol. The number of hydrogen-bond donors (Lipinski definition) is 2. The molecule has 0 unspecified atom stereocenters. The molecule has 2 N–H and O–H groups in total. The van der Waals surface area contributed by atoms with Crippen molar-refractivity contribution in [3.63, 3.8) is 0 Å². The van der Waals surface area contributed by atoms with Crippen molar-refractivity contribution >= 4 is 17.2 Å². The number of nitrogens with one attached hydrogen (secondary N) is 2. The quantitative estimate of drug-likeness (QED) is 0.749. The van der Waals surface area contributed by atoms with E-state index in [0.717, 1.165) is 5.69 Å². The third kappa shape index (κ3) is 2.04. The summed E-state index contributed by atoms with van der Waals surface area (Å²) in [6.45, 7) is 5.87. The van der Waals surface area contributed by atoms with Crippen molar-refractivity contribution in [3.05, 3.63) is 34.8 Å². The minimum absolute atomic E-state index is 0.288. The van der Waals surface area contributed by atoms with Gasteiger partial charge in [-0.1, -0.05) is 0 Å². The summed E-state index contributed by atoms with van der Waals surface area (Å²) >= 11 is 0. The number of rotatable bonds is 3. The van der Waals surface area contributed by atoms with Gasteiger partial charge < -0.3 is 5.32 Å². The number of aryl methyl sites for hydroxylation is 1. The van der Waals surface area contributed by atoms with Crippen LogP contribution in [0.2, 0.25) is 0 Å². The molecule has 0 atom stereocenters. The largest absolute Gasteiger partial charge is 0.349 e. The molecule has 3 aromatic rings. The molecule has 0 aliphatic rings. The van der Waals surface area contributed by atoms with E-state index in [9.17, 15) is 4.79 Å². The van der Waals surface area contributed by atoms with Crippen LogP contribution >= 0.6 is 0 Å². The van der Waals surface area contributed by atoms with E-state index < -0.39 is 0 Å². The van der Waals surface area contributed by atoms with Gasteiger partial charge in [-0.3, -0.25) is 4.68 Å². The second-order valence-corrected chi connectivity index (χ2v) is 4.84. The maximum absolute atomic E-state index is 11.5. The standard InChI is InChI=1S/C12H15N7O/c1-7(2)18-6-9(5-13-18)15-10-4-11-16-17-12(20)19(11)8(3)14-10/h4-7,15H,1-3H3,(H,17,20). The third-order valence-electron chi connectivity index (χ3n) is 2.97. The zero-order chi connectivity index (χ0) is 14.3. The highest BCUT2D eigenvalue weighted by Crippen LogP contribution is 2.16. The fraction of sp³-hybridized carbons (Fsp3) is 0.333. The summed E-state index contributed by atoms with van der Waals surface area (Å²) in [5.74, 6) is 1.19. The van der Waals surface area contributed by atoms with E-state index in [1.807, 2.05) is 10.9 Å². The van der Waals surface area contributed by atoms with Gasteiger partial charge in [0.05, 0.1) is 11.9 Å². The Morgan fingerprint density at radius 3 is 2.90 bits per heavy atom. The summed E-state index contributed by atoms with van der Waals surface area (Å²) in [7, 11) is 0. The molecule has 8 nitrogen and oxygen atoms in total. The van der Waals surface area contributed by atoms with Crippen LogP contribution in [-0.2, 0) is 0 Å². The van der Waals surface area contributed by atoms with E-state index in [-0.39, 0.29) is 5.69 Å². The number of fused-ring (bicyclic) bond motifs is 1. The summed E-state index contributed by atoms with van der Waals surface area (Å²) in [4.78, 5) is 15.9. The van der Waals surface area contributed by atoms with Crippen molar-refractivity contribution in [2.75, 3.05) is 5.32 Å². The maximum atomic E-state index is 11.5. The van der Waals surface area contributed by atoms with Gasteiger partial charge >= 0.3 is 5.69 Å². The summed E-state index contributed by atoms with van der Waals surface area (Å²) < 4.78 is 3.27. The molecule has 0 fully saturated rings. The molecule has 8 heteroatoms. The zero-order valence-electron chi connectivity index (χ0n) is 11.5. The van der Waals surface area contributed by atoms with Crippen molar-refractivity contribution in [2.24, 2.45) is 0 Å². The fourth-order valence-corrected chi connectivity index (χ4v) is 1.99. The second kappa shape index (κ2) is 4.48. The van der Waals surface area contributed by atoms with Crippen molar-refractivity contribution in [2.45, 2.75) is 26.8 Å². The Balaban J connectivity index is 1.96. The van der Waals surface area contributed by atoms with E-state index in [4.69, 9.17) is 0 Å². The van der Waals surface area contributed by atoms with E-state index >= 15 is 0 Å². The van der Waals surface area contributed by atoms with Crippen LogP contribution in [-0.4, -0.2) is 29.4 Å². The monoisotopic (exact) mass is 273 g/mol. The molecule has 0 saturated carbocycles. The zero-order valence-corrected chi connectivity index (χ0v) is 11.5. The highest BCUT2D eigenvalue weighted by molar-refractivity contribution is 5.58. The minimum Gasteiger partial charge on any atom is -0.337 e. The van der Waals surface area contributed by atoms with E-state index in [1.165, 1.54) is 4.40 Å². The Kier molecular flexibility index (Phi) is 2.78. The number of aromatic nitrogens is 6. The van der Waals surface area contributed by atoms with Gasteiger partial charge in [0, 0.05) is 18.3 Å². The SMILES string of the molecule is Cc1nc(Nc2cnn(C(C)C)c2)cc2n[nH]c(=O)n12. The van der Waals surface area contributed by atoms with Gasteiger partial charge in [-0.2, -0.15) is 10.2 Å². The van der Waals surface area contributed by atoms with Crippen LogP contribution in [0.1, 0.15) is 25.7 Å². The molecule has 0 aromatic carbocycles. The molecule has 0 aliphatic heterocycles. The molecule has 0 amide bonds. The first-order chi connectivity index (χ1) is 9.54. The predicted octanol–water partition coefficient (Wildman–Crippen LogP) is 1.25. The van der Waals surface area contributed by atoms with Gasteiger partial charge in [-0.15, -0.1) is 0 Å². The molecule has 3 heterocycles. The van der Waals surface area contributed by atoms with Crippen LogP contribution in [0.25, 0.3) is 5.65 Å². The molecular formula is C12H15N7O. The first kappa shape index (κ1) is 12.4. The molecule has 3 rings (SSSR count). The number of anilines is 2. The van der Waals surface area contributed by atoms with Crippen LogP contribution < -0.4 is 11.0 Å². The van der Waals surface area contributed by atoms with Gasteiger partial charge in [0.25, 0.3) is 0 Å². The average Bonchev–Trinajstić information content (AvgIpc) is 2.97. The van der Waals surface area contributed by atoms with Crippen molar-refractivity contribution < 1.29 is 0 Å². The lowest BCUT2D eigenvalue weighted by atomic mass is 10.4. The Morgan fingerprint density at radius 1 is 1.40 bits per heavy atom. The molecule has 0 bridgehead atoms.